The summed E-state index contributed by atoms with van der Waals surface area (Å²) >= 11 is 1.69. The van der Waals surface area contributed by atoms with Crippen LogP contribution >= 0.6 is 11.3 Å². The molecule has 10 nitrogen and oxygen atoms in total. The molecule has 0 unspecified atom stereocenters. The van der Waals surface area contributed by atoms with Gasteiger partial charge >= 0.3 is 0 Å². The van der Waals surface area contributed by atoms with Crippen molar-refractivity contribution < 1.29 is 14.3 Å². The van der Waals surface area contributed by atoms with Crippen LogP contribution in [0.4, 0.5) is 4.39 Å². The molecule has 48 heavy (non-hydrogen) atoms. The number of aryl methyl sites for hydroxylation is 2. The van der Waals surface area contributed by atoms with Gasteiger partial charge in [-0.05, 0) is 56.5 Å². The van der Waals surface area contributed by atoms with Crippen LogP contribution in [0.2, 0.25) is 0 Å². The SMILES string of the molecule is Cc1ccc(-c2ncc(CN3CC[C@@H](C(=O)N4CCC(O)(Cn5cnc6c(ccn6CCF)c5=O)CC4)[C@H](c4ccccc4)C3)s2)cn1. The summed E-state index contributed by atoms with van der Waals surface area (Å²) in [6, 6.07) is 16.0. The van der Waals surface area contributed by atoms with Crippen molar-refractivity contribution in [2.45, 2.75) is 57.3 Å². The highest BCUT2D eigenvalue weighted by Crippen LogP contribution is 2.37. The molecule has 1 N–H and O–H groups in total. The monoisotopic (exact) mass is 669 g/mol. The quantitative estimate of drug-likeness (QED) is 0.243. The third kappa shape index (κ3) is 6.69. The molecule has 5 aromatic rings. The summed E-state index contributed by atoms with van der Waals surface area (Å²) in [5.41, 5.74) is 2.20. The number of likely N-dealkylation sites (tertiary alicyclic amines) is 2. The number of halogens is 1. The van der Waals surface area contributed by atoms with Crippen LogP contribution in [0.15, 0.2) is 78.2 Å². The molecular weight excluding hydrogens is 630 g/mol. The number of benzene rings is 1. The predicted molar refractivity (Wildman–Crippen MR) is 183 cm³/mol. The van der Waals surface area contributed by atoms with Crippen molar-refractivity contribution in [3.63, 3.8) is 0 Å². The van der Waals surface area contributed by atoms with Gasteiger partial charge in [-0.25, -0.2) is 14.4 Å². The van der Waals surface area contributed by atoms with Crippen LogP contribution < -0.4 is 5.56 Å². The van der Waals surface area contributed by atoms with Gasteiger partial charge in [-0.2, -0.15) is 0 Å². The van der Waals surface area contributed by atoms with E-state index in [9.17, 15) is 19.1 Å². The number of nitrogens with zero attached hydrogens (tertiary/aromatic N) is 7. The number of rotatable bonds is 9. The molecule has 4 aromatic heterocycles. The van der Waals surface area contributed by atoms with E-state index in [-0.39, 0.29) is 36.4 Å². The van der Waals surface area contributed by atoms with E-state index in [2.05, 4.69) is 38.1 Å². The Kier molecular flexibility index (Phi) is 9.21. The molecule has 0 radical (unpaired) electrons. The summed E-state index contributed by atoms with van der Waals surface area (Å²) in [4.78, 5) is 46.3. The predicted octanol–water partition coefficient (Wildman–Crippen LogP) is 4.65. The molecule has 2 atom stereocenters. The van der Waals surface area contributed by atoms with Gasteiger partial charge in [0.2, 0.25) is 5.91 Å². The van der Waals surface area contributed by atoms with E-state index in [1.54, 1.807) is 28.2 Å². The lowest BCUT2D eigenvalue weighted by Gasteiger charge is -2.43. The molecule has 250 valence electrons. The van der Waals surface area contributed by atoms with Gasteiger partial charge < -0.3 is 14.6 Å². The standard InChI is InChI=1S/C36H40FN7O3S/c1-25-7-8-27(19-38-25)33-39-20-28(48-33)21-41-14-9-29(31(22-41)26-5-3-2-4-6-26)34(45)43-16-11-36(47,12-17-43)23-44-24-40-32-30(35(44)46)10-15-42(32)18-13-37/h2-8,10,15,19-20,24,29,31,47H,9,11-14,16-18,21-23H2,1H3/t29-,31+/m1/s1. The number of carbonyl (C=O) groups is 1. The number of aliphatic hydroxyl groups is 1. The first-order valence-electron chi connectivity index (χ1n) is 16.6. The zero-order valence-corrected chi connectivity index (χ0v) is 27.9. The summed E-state index contributed by atoms with van der Waals surface area (Å²) in [5.74, 6) is 0.0167. The van der Waals surface area contributed by atoms with Crippen molar-refractivity contribution in [3.05, 3.63) is 99.9 Å². The van der Waals surface area contributed by atoms with Crippen LogP contribution in [0, 0.1) is 12.8 Å². The highest BCUT2D eigenvalue weighted by atomic mass is 32.1. The number of amides is 1. The first-order chi connectivity index (χ1) is 23.3. The molecule has 1 aromatic carbocycles. The third-order valence-electron chi connectivity index (χ3n) is 9.87. The Hall–Kier alpha value is -4.26. The Morgan fingerprint density at radius 3 is 2.58 bits per heavy atom. The second-order valence-electron chi connectivity index (χ2n) is 13.1. The average molecular weight is 670 g/mol. The van der Waals surface area contributed by atoms with Crippen LogP contribution in [0.25, 0.3) is 21.6 Å². The number of hydrogen-bond acceptors (Lipinski definition) is 8. The maximum atomic E-state index is 14.1. The molecule has 0 aliphatic carbocycles. The van der Waals surface area contributed by atoms with E-state index in [0.717, 1.165) is 47.9 Å². The Morgan fingerprint density at radius 2 is 1.83 bits per heavy atom. The highest BCUT2D eigenvalue weighted by molar-refractivity contribution is 7.15. The molecule has 0 saturated carbocycles. The van der Waals surface area contributed by atoms with Crippen LogP contribution in [-0.4, -0.2) is 83.4 Å². The van der Waals surface area contributed by atoms with E-state index in [0.29, 0.717) is 37.0 Å². The topological polar surface area (TPSA) is 109 Å². The molecule has 0 bridgehead atoms. The summed E-state index contributed by atoms with van der Waals surface area (Å²) in [5, 5.41) is 12.9. The van der Waals surface area contributed by atoms with E-state index in [4.69, 9.17) is 0 Å². The Labute approximate surface area is 282 Å². The zero-order valence-electron chi connectivity index (χ0n) is 27.0. The zero-order chi connectivity index (χ0) is 33.3. The van der Waals surface area contributed by atoms with Crippen LogP contribution in [0.3, 0.4) is 0 Å². The summed E-state index contributed by atoms with van der Waals surface area (Å²) in [7, 11) is 0. The summed E-state index contributed by atoms with van der Waals surface area (Å²) < 4.78 is 15.9. The van der Waals surface area contributed by atoms with Crippen molar-refractivity contribution in [2.75, 3.05) is 32.9 Å². The molecule has 0 spiro atoms. The smallest absolute Gasteiger partial charge is 0.262 e. The molecule has 6 heterocycles. The molecule has 12 heteroatoms. The lowest BCUT2D eigenvalue weighted by atomic mass is 9.79. The number of piperidine rings is 2. The Balaban J connectivity index is 1.01. The lowest BCUT2D eigenvalue weighted by molar-refractivity contribution is -0.142. The maximum absolute atomic E-state index is 14.1. The summed E-state index contributed by atoms with van der Waals surface area (Å²) in [6.07, 6.45) is 8.39. The number of pyridine rings is 1. The Morgan fingerprint density at radius 1 is 1.02 bits per heavy atom. The lowest BCUT2D eigenvalue weighted by Crippen LogP contribution is -2.53. The largest absolute Gasteiger partial charge is 0.388 e. The van der Waals surface area contributed by atoms with Gasteiger partial charge in [0.15, 0.2) is 0 Å². The number of fused-ring (bicyclic) bond motifs is 1. The molecule has 2 fully saturated rings. The van der Waals surface area contributed by atoms with Crippen LogP contribution in [0.5, 0.6) is 0 Å². The molecular formula is C36H40FN7O3S. The molecule has 1 amide bonds. The van der Waals surface area contributed by atoms with Gasteiger partial charge in [0.1, 0.15) is 23.7 Å². The Bertz CT molecular complexity index is 1930. The minimum absolute atomic E-state index is 0.0445. The van der Waals surface area contributed by atoms with Gasteiger partial charge in [0.25, 0.3) is 5.56 Å². The average Bonchev–Trinajstić information content (AvgIpc) is 3.74. The third-order valence-corrected chi connectivity index (χ3v) is 10.9. The van der Waals surface area contributed by atoms with E-state index in [1.807, 2.05) is 48.5 Å². The number of carbonyl (C=O) groups excluding carboxylic acids is 1. The number of thiazole rings is 1. The van der Waals surface area contributed by atoms with E-state index in [1.165, 1.54) is 15.8 Å². The van der Waals surface area contributed by atoms with Gasteiger partial charge in [0.05, 0.1) is 24.1 Å². The minimum Gasteiger partial charge on any atom is -0.388 e. The fourth-order valence-electron chi connectivity index (χ4n) is 7.17. The number of aromatic nitrogens is 5. The van der Waals surface area contributed by atoms with Crippen molar-refractivity contribution in [1.29, 1.82) is 0 Å². The van der Waals surface area contributed by atoms with Crippen LogP contribution in [0.1, 0.15) is 41.3 Å². The fraction of sp³-hybridized carbons (Fsp3) is 0.417. The van der Waals surface area contributed by atoms with E-state index >= 15 is 0 Å². The van der Waals surface area contributed by atoms with Gasteiger partial charge in [-0.15, -0.1) is 11.3 Å². The van der Waals surface area contributed by atoms with Crippen molar-refractivity contribution in [2.24, 2.45) is 5.92 Å². The number of alkyl halides is 1. The molecule has 2 aliphatic rings. The molecule has 2 saturated heterocycles. The second kappa shape index (κ2) is 13.7. The van der Waals surface area contributed by atoms with Crippen molar-refractivity contribution >= 4 is 28.3 Å². The second-order valence-corrected chi connectivity index (χ2v) is 14.2. The van der Waals surface area contributed by atoms with Gasteiger partial charge in [-0.1, -0.05) is 30.3 Å². The van der Waals surface area contributed by atoms with Gasteiger partial charge in [-0.3, -0.25) is 24.0 Å². The van der Waals surface area contributed by atoms with Crippen molar-refractivity contribution in [3.8, 4) is 10.6 Å². The van der Waals surface area contributed by atoms with Crippen LogP contribution in [-0.2, 0) is 24.4 Å². The minimum atomic E-state index is -1.14. The number of hydrogen-bond donors (Lipinski definition) is 1. The molecule has 2 aliphatic heterocycles. The highest BCUT2D eigenvalue weighted by Gasteiger charge is 2.41. The first kappa shape index (κ1) is 32.3. The van der Waals surface area contributed by atoms with Crippen molar-refractivity contribution in [1.82, 2.24) is 33.9 Å². The summed E-state index contributed by atoms with van der Waals surface area (Å²) in [6.45, 7) is 4.85. The first-order valence-corrected chi connectivity index (χ1v) is 17.4. The van der Waals surface area contributed by atoms with E-state index < -0.39 is 12.3 Å². The normalized spacial score (nSPS) is 19.9. The fourth-order valence-corrected chi connectivity index (χ4v) is 8.11. The van der Waals surface area contributed by atoms with Gasteiger partial charge in [0, 0.05) is 72.7 Å². The maximum Gasteiger partial charge on any atom is 0.262 e. The molecule has 7 rings (SSSR count).